The highest BCUT2D eigenvalue weighted by atomic mass is 19.1. The molecule has 12 heteroatoms. The molecule has 10 nitrogen and oxygen atoms in total. The molecule has 2 aromatic heterocycles. The zero-order chi connectivity index (χ0) is 26.5. The van der Waals surface area contributed by atoms with Gasteiger partial charge in [-0.2, -0.15) is 0 Å². The highest BCUT2D eigenvalue weighted by Crippen LogP contribution is 2.30. The van der Waals surface area contributed by atoms with Crippen LogP contribution in [0.1, 0.15) is 36.8 Å². The molecule has 3 heterocycles. The largest absolute Gasteiger partial charge is 0.464 e. The van der Waals surface area contributed by atoms with Crippen LogP contribution in [-0.2, 0) is 25.5 Å². The molecule has 194 valence electrons. The lowest BCUT2D eigenvalue weighted by Crippen LogP contribution is -2.47. The zero-order valence-electron chi connectivity index (χ0n) is 19.9. The van der Waals surface area contributed by atoms with Crippen molar-refractivity contribution in [1.29, 1.82) is 0 Å². The SMILES string of the molecule is CCOC(=O)C1=C(COC(=O)CCc2ncc(-c3c(F)cccc3F)o2)NC(=O)N[C@H]1c1ccc(C)o1. The fourth-order valence-corrected chi connectivity index (χ4v) is 3.71. The molecule has 2 amide bonds. The molecule has 4 rings (SSSR count). The fraction of sp³-hybridized carbons (Fsp3) is 0.280. The number of carbonyl (C=O) groups excluding carboxylic acids is 3. The topological polar surface area (TPSA) is 133 Å². The number of hydrogen-bond donors (Lipinski definition) is 2. The number of amides is 2. The lowest BCUT2D eigenvalue weighted by molar-refractivity contribution is -0.143. The van der Waals surface area contributed by atoms with Crippen molar-refractivity contribution >= 4 is 18.0 Å². The predicted octanol–water partition coefficient (Wildman–Crippen LogP) is 3.87. The van der Waals surface area contributed by atoms with Gasteiger partial charge in [-0.3, -0.25) is 4.79 Å². The van der Waals surface area contributed by atoms with Crippen LogP contribution in [0, 0.1) is 18.6 Å². The summed E-state index contributed by atoms with van der Waals surface area (Å²) >= 11 is 0. The standard InChI is InChI=1S/C25H23F2N3O7/c1-3-34-24(32)22-16(29-25(33)30-23(22)17-8-7-13(2)36-17)12-35-20(31)10-9-19-28-11-18(37-19)21-14(26)5-4-6-15(21)27/h4-8,11,23H,3,9-10,12H2,1-2H3,(H2,29,30,33)/t23-/m0/s1. The van der Waals surface area contributed by atoms with Crippen molar-refractivity contribution in [2.45, 2.75) is 32.7 Å². The van der Waals surface area contributed by atoms with Crippen molar-refractivity contribution < 1.29 is 41.5 Å². The summed E-state index contributed by atoms with van der Waals surface area (Å²) in [5, 5.41) is 5.09. The van der Waals surface area contributed by atoms with Gasteiger partial charge in [0.15, 0.2) is 11.7 Å². The number of aryl methyl sites for hydroxylation is 2. The highest BCUT2D eigenvalue weighted by molar-refractivity contribution is 5.95. The quantitative estimate of drug-likeness (QED) is 0.411. The van der Waals surface area contributed by atoms with Crippen molar-refractivity contribution in [3.05, 3.63) is 76.8 Å². The Kier molecular flexibility index (Phi) is 7.66. The van der Waals surface area contributed by atoms with E-state index in [9.17, 15) is 23.2 Å². The number of benzene rings is 1. The third-order valence-electron chi connectivity index (χ3n) is 5.38. The molecule has 1 aliphatic rings. The minimum Gasteiger partial charge on any atom is -0.464 e. The van der Waals surface area contributed by atoms with Crippen molar-refractivity contribution in [1.82, 2.24) is 15.6 Å². The molecule has 0 radical (unpaired) electrons. The third-order valence-corrected chi connectivity index (χ3v) is 5.38. The van der Waals surface area contributed by atoms with Crippen LogP contribution in [0.2, 0.25) is 0 Å². The first-order valence-electron chi connectivity index (χ1n) is 11.4. The lowest BCUT2D eigenvalue weighted by atomic mass is 10.0. The lowest BCUT2D eigenvalue weighted by Gasteiger charge is -2.27. The number of ether oxygens (including phenoxy) is 2. The minimum absolute atomic E-state index is 0.0130. The summed E-state index contributed by atoms with van der Waals surface area (Å²) < 4.78 is 49.3. The smallest absolute Gasteiger partial charge is 0.338 e. The first-order chi connectivity index (χ1) is 17.8. The van der Waals surface area contributed by atoms with Crippen LogP contribution in [0.25, 0.3) is 11.3 Å². The molecule has 0 spiro atoms. The fourth-order valence-electron chi connectivity index (χ4n) is 3.71. The number of furan rings is 1. The average molecular weight is 515 g/mol. The molecule has 3 aromatic rings. The van der Waals surface area contributed by atoms with Crippen LogP contribution in [0.4, 0.5) is 13.6 Å². The number of oxazole rings is 1. The van der Waals surface area contributed by atoms with Crippen LogP contribution in [0.15, 0.2) is 56.6 Å². The summed E-state index contributed by atoms with van der Waals surface area (Å²) in [4.78, 5) is 41.3. The highest BCUT2D eigenvalue weighted by Gasteiger charge is 2.36. The Morgan fingerprint density at radius 1 is 1.11 bits per heavy atom. The summed E-state index contributed by atoms with van der Waals surface area (Å²) in [5.41, 5.74) is -0.277. The van der Waals surface area contributed by atoms with Crippen LogP contribution < -0.4 is 10.6 Å². The van der Waals surface area contributed by atoms with Gasteiger partial charge in [-0.05, 0) is 38.1 Å². The molecular formula is C25H23F2N3O7. The summed E-state index contributed by atoms with van der Waals surface area (Å²) in [6.45, 7) is 3.01. The van der Waals surface area contributed by atoms with E-state index in [-0.39, 0.29) is 47.9 Å². The Hall–Kier alpha value is -4.48. The minimum atomic E-state index is -0.945. The number of halogens is 2. The van der Waals surface area contributed by atoms with Gasteiger partial charge in [0.2, 0.25) is 0 Å². The maximum absolute atomic E-state index is 14.0. The van der Waals surface area contributed by atoms with E-state index in [0.717, 1.165) is 12.1 Å². The first kappa shape index (κ1) is 25.6. The van der Waals surface area contributed by atoms with Crippen molar-refractivity contribution in [2.24, 2.45) is 0 Å². The first-order valence-corrected chi connectivity index (χ1v) is 11.4. The van der Waals surface area contributed by atoms with Gasteiger partial charge in [0.05, 0.1) is 36.1 Å². The van der Waals surface area contributed by atoms with E-state index in [1.165, 1.54) is 12.3 Å². The Morgan fingerprint density at radius 3 is 2.54 bits per heavy atom. The van der Waals surface area contributed by atoms with Gasteiger partial charge in [-0.15, -0.1) is 0 Å². The molecule has 0 aliphatic carbocycles. The van der Waals surface area contributed by atoms with Gasteiger partial charge < -0.3 is 28.9 Å². The van der Waals surface area contributed by atoms with Gasteiger partial charge in [-0.1, -0.05) is 6.07 Å². The monoisotopic (exact) mass is 515 g/mol. The van der Waals surface area contributed by atoms with Crippen LogP contribution in [-0.4, -0.2) is 36.2 Å². The molecule has 0 saturated carbocycles. The summed E-state index contributed by atoms with van der Waals surface area (Å²) in [7, 11) is 0. The number of nitrogens with one attached hydrogen (secondary N) is 2. The van der Waals surface area contributed by atoms with Gasteiger partial charge in [0, 0.05) is 6.42 Å². The molecule has 37 heavy (non-hydrogen) atoms. The number of urea groups is 1. The Labute approximate surface area is 209 Å². The van der Waals surface area contributed by atoms with E-state index in [2.05, 4.69) is 15.6 Å². The summed E-state index contributed by atoms with van der Waals surface area (Å²) in [6.07, 6.45) is 0.968. The van der Waals surface area contributed by atoms with Crippen LogP contribution >= 0.6 is 0 Å². The van der Waals surface area contributed by atoms with Gasteiger partial charge in [0.25, 0.3) is 0 Å². The second-order valence-electron chi connectivity index (χ2n) is 7.97. The van der Waals surface area contributed by atoms with E-state index < -0.39 is 42.3 Å². The molecule has 1 atom stereocenters. The van der Waals surface area contributed by atoms with Crippen molar-refractivity contribution in [3.8, 4) is 11.3 Å². The van der Waals surface area contributed by atoms with Crippen LogP contribution in [0.5, 0.6) is 0 Å². The zero-order valence-corrected chi connectivity index (χ0v) is 19.9. The normalized spacial score (nSPS) is 15.2. The molecular weight excluding hydrogens is 492 g/mol. The molecule has 0 fully saturated rings. The number of nitrogens with zero attached hydrogens (tertiary/aromatic N) is 1. The average Bonchev–Trinajstić information content (AvgIpc) is 3.50. The van der Waals surface area contributed by atoms with Crippen molar-refractivity contribution in [3.63, 3.8) is 0 Å². The second kappa shape index (κ2) is 11.1. The molecule has 1 aliphatic heterocycles. The van der Waals surface area contributed by atoms with E-state index in [0.29, 0.717) is 11.5 Å². The predicted molar refractivity (Wildman–Crippen MR) is 123 cm³/mol. The molecule has 1 aromatic carbocycles. The molecule has 0 bridgehead atoms. The molecule has 0 saturated heterocycles. The second-order valence-corrected chi connectivity index (χ2v) is 7.97. The number of aromatic nitrogens is 1. The van der Waals surface area contributed by atoms with Gasteiger partial charge in [-0.25, -0.2) is 23.4 Å². The van der Waals surface area contributed by atoms with Crippen molar-refractivity contribution in [2.75, 3.05) is 13.2 Å². The van der Waals surface area contributed by atoms with Gasteiger partial charge >= 0.3 is 18.0 Å². The Balaban J connectivity index is 1.44. The van der Waals surface area contributed by atoms with E-state index in [1.54, 1.807) is 26.0 Å². The maximum atomic E-state index is 14.0. The summed E-state index contributed by atoms with van der Waals surface area (Å²) in [6, 6.07) is 5.15. The van der Waals surface area contributed by atoms with Gasteiger partial charge in [0.1, 0.15) is 35.8 Å². The Bertz CT molecular complexity index is 1340. The van der Waals surface area contributed by atoms with E-state index in [1.807, 2.05) is 0 Å². The third kappa shape index (κ3) is 5.85. The van der Waals surface area contributed by atoms with E-state index in [4.69, 9.17) is 18.3 Å². The maximum Gasteiger partial charge on any atom is 0.338 e. The summed E-state index contributed by atoms with van der Waals surface area (Å²) in [5.74, 6) is -2.17. The van der Waals surface area contributed by atoms with E-state index >= 15 is 0 Å². The number of carbonyl (C=O) groups is 3. The number of esters is 2. The number of rotatable bonds is 9. The molecule has 0 unspecified atom stereocenters. The molecule has 2 N–H and O–H groups in total. The number of hydrogen-bond acceptors (Lipinski definition) is 8. The van der Waals surface area contributed by atoms with Crippen LogP contribution in [0.3, 0.4) is 0 Å². The Morgan fingerprint density at radius 2 is 1.86 bits per heavy atom.